The second-order valence-electron chi connectivity index (χ2n) is 9.76. The Kier molecular flexibility index (Phi) is 7.05. The van der Waals surface area contributed by atoms with Crippen LogP contribution in [0.5, 0.6) is 11.5 Å². The number of hydrogen-bond acceptors (Lipinski definition) is 7. The van der Waals surface area contributed by atoms with E-state index in [2.05, 4.69) is 39.4 Å². The monoisotopic (exact) mass is 499 g/mol. The normalized spacial score (nSPS) is 19.9. The molecule has 9 nitrogen and oxygen atoms in total. The molecule has 0 unspecified atom stereocenters. The van der Waals surface area contributed by atoms with Gasteiger partial charge in [0.05, 0.1) is 23.1 Å². The number of allylic oxidation sites excluding steroid dienone is 1. The summed E-state index contributed by atoms with van der Waals surface area (Å²) in [6, 6.07) is 9.28. The third-order valence-corrected chi connectivity index (χ3v) is 6.99. The molecule has 0 radical (unpaired) electrons. The van der Waals surface area contributed by atoms with Crippen molar-refractivity contribution < 1.29 is 9.53 Å². The predicted octanol–water partition coefficient (Wildman–Crippen LogP) is 4.90. The lowest BCUT2D eigenvalue weighted by molar-refractivity contribution is -0.117. The van der Waals surface area contributed by atoms with E-state index in [0.717, 1.165) is 42.9 Å². The van der Waals surface area contributed by atoms with Gasteiger partial charge in [-0.15, -0.1) is 0 Å². The third kappa shape index (κ3) is 5.72. The van der Waals surface area contributed by atoms with Gasteiger partial charge in [0.25, 0.3) is 0 Å². The maximum atomic E-state index is 12.4. The zero-order chi connectivity index (χ0) is 25.8. The van der Waals surface area contributed by atoms with Crippen LogP contribution in [0.1, 0.15) is 33.1 Å². The van der Waals surface area contributed by atoms with Crippen molar-refractivity contribution in [3.05, 3.63) is 60.5 Å². The van der Waals surface area contributed by atoms with Crippen molar-refractivity contribution in [2.45, 2.75) is 38.6 Å². The summed E-state index contributed by atoms with van der Waals surface area (Å²) in [7, 11) is 1.97. The minimum Gasteiger partial charge on any atom is -0.457 e. The lowest BCUT2D eigenvalue weighted by Gasteiger charge is -2.25. The smallest absolute Gasteiger partial charge is 0.239 e. The number of aromatic nitrogens is 3. The number of fused-ring (bicyclic) bond motifs is 1. The molecule has 5 rings (SSSR count). The van der Waals surface area contributed by atoms with Crippen molar-refractivity contribution in [1.82, 2.24) is 19.4 Å². The molecule has 2 aliphatic rings. The van der Waals surface area contributed by atoms with Crippen LogP contribution in [0.15, 0.2) is 65.4 Å². The van der Waals surface area contributed by atoms with E-state index in [1.54, 1.807) is 18.3 Å². The fourth-order valence-corrected chi connectivity index (χ4v) is 4.58. The Balaban J connectivity index is 1.24. The molecule has 0 saturated carbocycles. The number of nitrogens with one attached hydrogen (secondary N) is 2. The Hall–Kier alpha value is -3.98. The standard InChI is InChI=1S/C28H33N7O2/c1-20-9-13-31-28(20,2)11-14-30-27-32-23-17-21(7-8-24(23)34(27)3)37-22-10-12-29-25(18-22)33-26(36)19-35-15-5-4-6-16-35/h7-14,17-18H,4-6,15-16,19H2,1-3H3,(H,30,32)(H,29,33,36)/b14-11+/t28-/m1/s1. The molecule has 0 bridgehead atoms. The van der Waals surface area contributed by atoms with E-state index >= 15 is 0 Å². The van der Waals surface area contributed by atoms with Gasteiger partial charge in [0, 0.05) is 37.8 Å². The summed E-state index contributed by atoms with van der Waals surface area (Å²) in [5.41, 5.74) is 2.65. The fraction of sp³-hybridized carbons (Fsp3) is 0.357. The van der Waals surface area contributed by atoms with Gasteiger partial charge in [-0.1, -0.05) is 6.42 Å². The first-order valence-corrected chi connectivity index (χ1v) is 12.7. The number of rotatable bonds is 8. The molecule has 37 heavy (non-hydrogen) atoms. The van der Waals surface area contributed by atoms with Gasteiger partial charge in [-0.2, -0.15) is 0 Å². The molecule has 1 atom stereocenters. The van der Waals surface area contributed by atoms with Gasteiger partial charge < -0.3 is 19.9 Å². The van der Waals surface area contributed by atoms with E-state index in [4.69, 9.17) is 9.72 Å². The lowest BCUT2D eigenvalue weighted by Crippen LogP contribution is -2.36. The minimum absolute atomic E-state index is 0.0598. The number of aliphatic imine (C=N–C) groups is 1. The number of piperidine rings is 1. The summed E-state index contributed by atoms with van der Waals surface area (Å²) in [5.74, 6) is 2.38. The number of imidazole rings is 1. The molecular weight excluding hydrogens is 466 g/mol. The van der Waals surface area contributed by atoms with Crippen LogP contribution in [0.3, 0.4) is 0 Å². The molecule has 4 heterocycles. The largest absolute Gasteiger partial charge is 0.457 e. The number of ether oxygens (including phenoxy) is 1. The van der Waals surface area contributed by atoms with Gasteiger partial charge in [-0.3, -0.25) is 14.7 Å². The Morgan fingerprint density at radius 2 is 1.97 bits per heavy atom. The Bertz CT molecular complexity index is 1380. The Labute approximate surface area is 217 Å². The molecular formula is C28H33N7O2. The molecule has 9 heteroatoms. The van der Waals surface area contributed by atoms with Gasteiger partial charge in [0.15, 0.2) is 0 Å². The number of hydrogen-bond donors (Lipinski definition) is 2. The van der Waals surface area contributed by atoms with Crippen molar-refractivity contribution in [2.75, 3.05) is 30.3 Å². The van der Waals surface area contributed by atoms with Gasteiger partial charge in [0.2, 0.25) is 11.9 Å². The Morgan fingerprint density at radius 3 is 2.76 bits per heavy atom. The number of likely N-dealkylation sites (tertiary alicyclic amines) is 1. The van der Waals surface area contributed by atoms with Crippen molar-refractivity contribution >= 4 is 34.9 Å². The van der Waals surface area contributed by atoms with Crippen molar-refractivity contribution in [1.29, 1.82) is 0 Å². The van der Waals surface area contributed by atoms with Crippen molar-refractivity contribution in [3.63, 3.8) is 0 Å². The number of carbonyl (C=O) groups is 1. The van der Waals surface area contributed by atoms with Gasteiger partial charge in [0.1, 0.15) is 17.3 Å². The first-order chi connectivity index (χ1) is 17.9. The molecule has 3 aromatic rings. The van der Waals surface area contributed by atoms with Crippen LogP contribution in [0.2, 0.25) is 0 Å². The average molecular weight is 500 g/mol. The number of carbonyl (C=O) groups excluding carboxylic acids is 1. The van der Waals surface area contributed by atoms with Crippen LogP contribution in [-0.4, -0.2) is 56.7 Å². The second-order valence-corrected chi connectivity index (χ2v) is 9.76. The highest BCUT2D eigenvalue weighted by Gasteiger charge is 2.23. The number of amides is 1. The SMILES string of the molecule is CC1=CC=N[C@]1(C)/C=C/Nc1nc2cc(Oc3ccnc(NC(=O)CN4CCCCC4)c3)ccc2n1C. The zero-order valence-corrected chi connectivity index (χ0v) is 21.6. The maximum absolute atomic E-state index is 12.4. The van der Waals surface area contributed by atoms with E-state index in [1.807, 2.05) is 54.4 Å². The number of anilines is 2. The molecule has 1 saturated heterocycles. The molecule has 1 fully saturated rings. The van der Waals surface area contributed by atoms with Crippen LogP contribution in [0, 0.1) is 0 Å². The van der Waals surface area contributed by atoms with Crippen LogP contribution in [-0.2, 0) is 11.8 Å². The minimum atomic E-state index is -0.324. The molecule has 0 spiro atoms. The predicted molar refractivity (Wildman–Crippen MR) is 147 cm³/mol. The van der Waals surface area contributed by atoms with Crippen LogP contribution >= 0.6 is 0 Å². The van der Waals surface area contributed by atoms with Gasteiger partial charge in [-0.05, 0) is 75.7 Å². The molecule has 1 aromatic carbocycles. The second kappa shape index (κ2) is 10.6. The summed E-state index contributed by atoms with van der Waals surface area (Å²) < 4.78 is 8.07. The highest BCUT2D eigenvalue weighted by molar-refractivity contribution is 5.91. The third-order valence-electron chi connectivity index (χ3n) is 6.99. The number of nitrogens with zero attached hydrogens (tertiary/aromatic N) is 5. The number of benzene rings is 1. The van der Waals surface area contributed by atoms with Gasteiger partial charge >= 0.3 is 0 Å². The van der Waals surface area contributed by atoms with E-state index in [1.165, 1.54) is 12.0 Å². The van der Waals surface area contributed by atoms with Gasteiger partial charge in [-0.25, -0.2) is 9.97 Å². The quantitative estimate of drug-likeness (QED) is 0.458. The van der Waals surface area contributed by atoms with E-state index < -0.39 is 0 Å². The highest BCUT2D eigenvalue weighted by Crippen LogP contribution is 2.29. The first kappa shape index (κ1) is 24.7. The average Bonchev–Trinajstić information content (AvgIpc) is 3.37. The fourth-order valence-electron chi connectivity index (χ4n) is 4.58. The maximum Gasteiger partial charge on any atom is 0.239 e. The topological polar surface area (TPSA) is 96.7 Å². The summed E-state index contributed by atoms with van der Waals surface area (Å²) >= 11 is 0. The summed E-state index contributed by atoms with van der Waals surface area (Å²) in [6.45, 7) is 6.47. The highest BCUT2D eigenvalue weighted by atomic mass is 16.5. The van der Waals surface area contributed by atoms with Crippen molar-refractivity contribution in [3.8, 4) is 11.5 Å². The lowest BCUT2D eigenvalue weighted by atomic mass is 9.96. The van der Waals surface area contributed by atoms with Crippen LogP contribution in [0.25, 0.3) is 11.0 Å². The van der Waals surface area contributed by atoms with Crippen LogP contribution < -0.4 is 15.4 Å². The molecule has 192 valence electrons. The Morgan fingerprint density at radius 1 is 1.16 bits per heavy atom. The summed E-state index contributed by atoms with van der Waals surface area (Å²) in [6.07, 6.45) is 12.9. The van der Waals surface area contributed by atoms with Crippen LogP contribution in [0.4, 0.5) is 11.8 Å². The van der Waals surface area contributed by atoms with E-state index in [0.29, 0.717) is 23.9 Å². The zero-order valence-electron chi connectivity index (χ0n) is 21.6. The number of pyridine rings is 1. The van der Waals surface area contributed by atoms with E-state index in [-0.39, 0.29) is 11.4 Å². The molecule has 1 amide bonds. The molecule has 2 aromatic heterocycles. The van der Waals surface area contributed by atoms with Crippen molar-refractivity contribution in [2.24, 2.45) is 12.0 Å². The number of aryl methyl sites for hydroxylation is 1. The molecule has 0 aliphatic carbocycles. The summed E-state index contributed by atoms with van der Waals surface area (Å²) in [5, 5.41) is 6.16. The first-order valence-electron chi connectivity index (χ1n) is 12.7. The summed E-state index contributed by atoms with van der Waals surface area (Å²) in [4.78, 5) is 28.2. The van der Waals surface area contributed by atoms with E-state index in [9.17, 15) is 4.79 Å². The molecule has 2 N–H and O–H groups in total. The molecule has 2 aliphatic heterocycles.